The van der Waals surface area contributed by atoms with Gasteiger partial charge in [0.2, 0.25) is 0 Å². The van der Waals surface area contributed by atoms with Crippen molar-refractivity contribution in [2.75, 3.05) is 39.6 Å². The summed E-state index contributed by atoms with van der Waals surface area (Å²) in [6.07, 6.45) is 0. The van der Waals surface area contributed by atoms with Crippen molar-refractivity contribution in [2.45, 2.75) is 6.92 Å². The summed E-state index contributed by atoms with van der Waals surface area (Å²) in [5.41, 5.74) is 6.70. The fourth-order valence-corrected chi connectivity index (χ4v) is 1.55. The number of rotatable bonds is 6. The first-order chi connectivity index (χ1) is 8.60. The van der Waals surface area contributed by atoms with Crippen LogP contribution in [0.5, 0.6) is 5.75 Å². The SMILES string of the molecule is CCOCCN(C)C(=O)c1cc(N)ccc1OC. The number of nitrogen functional groups attached to an aromatic ring is 1. The topological polar surface area (TPSA) is 64.8 Å². The average molecular weight is 252 g/mol. The summed E-state index contributed by atoms with van der Waals surface area (Å²) in [5.74, 6) is 0.399. The molecular formula is C13H20N2O3. The van der Waals surface area contributed by atoms with Crippen LogP contribution < -0.4 is 10.5 Å². The summed E-state index contributed by atoms with van der Waals surface area (Å²) in [4.78, 5) is 13.8. The van der Waals surface area contributed by atoms with Crippen LogP contribution in [0.2, 0.25) is 0 Å². The Bertz CT molecular complexity index is 407. The Morgan fingerprint density at radius 2 is 2.17 bits per heavy atom. The molecule has 100 valence electrons. The molecule has 1 aromatic carbocycles. The molecule has 0 saturated heterocycles. The number of nitrogens with zero attached hydrogens (tertiary/aromatic N) is 1. The number of methoxy groups -OCH3 is 1. The Labute approximate surface area is 107 Å². The molecule has 0 fully saturated rings. The van der Waals surface area contributed by atoms with Crippen molar-refractivity contribution in [2.24, 2.45) is 0 Å². The number of likely N-dealkylation sites (N-methyl/N-ethyl adjacent to an activating group) is 1. The highest BCUT2D eigenvalue weighted by Gasteiger charge is 2.16. The highest BCUT2D eigenvalue weighted by atomic mass is 16.5. The monoisotopic (exact) mass is 252 g/mol. The van der Waals surface area contributed by atoms with Crippen LogP contribution in [0.1, 0.15) is 17.3 Å². The number of hydrogen-bond donors (Lipinski definition) is 1. The lowest BCUT2D eigenvalue weighted by atomic mass is 10.1. The largest absolute Gasteiger partial charge is 0.496 e. The maximum absolute atomic E-state index is 12.2. The third-order valence-corrected chi connectivity index (χ3v) is 2.58. The Hall–Kier alpha value is -1.75. The molecule has 2 N–H and O–H groups in total. The van der Waals surface area contributed by atoms with Crippen molar-refractivity contribution < 1.29 is 14.3 Å². The number of amides is 1. The molecule has 1 amide bonds. The van der Waals surface area contributed by atoms with Crippen molar-refractivity contribution in [1.29, 1.82) is 0 Å². The molecule has 1 aromatic rings. The fourth-order valence-electron chi connectivity index (χ4n) is 1.55. The quantitative estimate of drug-likeness (QED) is 0.613. The second kappa shape index (κ2) is 6.86. The molecule has 1 rings (SSSR count). The molecule has 0 radical (unpaired) electrons. The third-order valence-electron chi connectivity index (χ3n) is 2.58. The van der Waals surface area contributed by atoms with Gasteiger partial charge < -0.3 is 20.1 Å². The van der Waals surface area contributed by atoms with E-state index in [0.29, 0.717) is 36.8 Å². The lowest BCUT2D eigenvalue weighted by Crippen LogP contribution is -2.30. The van der Waals surface area contributed by atoms with Crippen LogP contribution >= 0.6 is 0 Å². The van der Waals surface area contributed by atoms with Crippen molar-refractivity contribution in [3.05, 3.63) is 23.8 Å². The Kier molecular flexibility index (Phi) is 5.45. The fraction of sp³-hybridized carbons (Fsp3) is 0.462. The van der Waals surface area contributed by atoms with Gasteiger partial charge in [0.25, 0.3) is 5.91 Å². The van der Waals surface area contributed by atoms with Gasteiger partial charge in [-0.25, -0.2) is 0 Å². The smallest absolute Gasteiger partial charge is 0.257 e. The van der Waals surface area contributed by atoms with Gasteiger partial charge >= 0.3 is 0 Å². The maximum Gasteiger partial charge on any atom is 0.257 e. The lowest BCUT2D eigenvalue weighted by Gasteiger charge is -2.18. The number of nitrogens with two attached hydrogens (primary N) is 1. The highest BCUT2D eigenvalue weighted by molar-refractivity contribution is 5.97. The number of hydrogen-bond acceptors (Lipinski definition) is 4. The van der Waals surface area contributed by atoms with Gasteiger partial charge in [-0.2, -0.15) is 0 Å². The van der Waals surface area contributed by atoms with Gasteiger partial charge in [0, 0.05) is 25.9 Å². The van der Waals surface area contributed by atoms with E-state index in [1.54, 1.807) is 30.1 Å². The molecule has 0 bridgehead atoms. The zero-order valence-corrected chi connectivity index (χ0v) is 11.1. The van der Waals surface area contributed by atoms with Crippen LogP contribution in [0.25, 0.3) is 0 Å². The standard InChI is InChI=1S/C13H20N2O3/c1-4-18-8-7-15(2)13(16)11-9-10(14)5-6-12(11)17-3/h5-6,9H,4,7-8,14H2,1-3H3. The summed E-state index contributed by atoms with van der Waals surface area (Å²) in [6.45, 7) is 3.61. The number of anilines is 1. The normalized spacial score (nSPS) is 10.2. The molecule has 0 spiro atoms. The predicted octanol–water partition coefficient (Wildman–Crippen LogP) is 1.39. The first-order valence-electron chi connectivity index (χ1n) is 5.86. The van der Waals surface area contributed by atoms with Gasteiger partial charge in [-0.3, -0.25) is 4.79 Å². The molecule has 5 nitrogen and oxygen atoms in total. The van der Waals surface area contributed by atoms with Crippen LogP contribution in [0.3, 0.4) is 0 Å². The first kappa shape index (κ1) is 14.3. The number of carbonyl (C=O) groups excluding carboxylic acids is 1. The Morgan fingerprint density at radius 3 is 2.78 bits per heavy atom. The molecule has 0 saturated carbocycles. The van der Waals surface area contributed by atoms with Crippen LogP contribution in [-0.2, 0) is 4.74 Å². The van der Waals surface area contributed by atoms with Gasteiger partial charge in [-0.15, -0.1) is 0 Å². The summed E-state index contributed by atoms with van der Waals surface area (Å²) in [7, 11) is 3.26. The van der Waals surface area contributed by atoms with Crippen molar-refractivity contribution in [3.63, 3.8) is 0 Å². The molecule has 0 aliphatic rings. The van der Waals surface area contributed by atoms with Crippen molar-refractivity contribution in [1.82, 2.24) is 4.90 Å². The van der Waals surface area contributed by atoms with Crippen LogP contribution in [0, 0.1) is 0 Å². The summed E-state index contributed by atoms with van der Waals surface area (Å²) in [6, 6.07) is 5.02. The number of carbonyl (C=O) groups is 1. The van der Waals surface area contributed by atoms with Gasteiger partial charge in [0.15, 0.2) is 0 Å². The molecular weight excluding hydrogens is 232 g/mol. The minimum atomic E-state index is -0.126. The van der Waals surface area contributed by atoms with Crippen molar-refractivity contribution >= 4 is 11.6 Å². The maximum atomic E-state index is 12.2. The molecule has 0 unspecified atom stereocenters. The van der Waals surface area contributed by atoms with E-state index in [4.69, 9.17) is 15.2 Å². The van der Waals surface area contributed by atoms with E-state index in [2.05, 4.69) is 0 Å². The summed E-state index contributed by atoms with van der Waals surface area (Å²) in [5, 5.41) is 0. The van der Waals surface area contributed by atoms with E-state index in [1.165, 1.54) is 7.11 Å². The number of benzene rings is 1. The molecule has 0 aliphatic carbocycles. The second-order valence-corrected chi connectivity index (χ2v) is 3.88. The summed E-state index contributed by atoms with van der Waals surface area (Å²) >= 11 is 0. The molecule has 0 atom stereocenters. The van der Waals surface area contributed by atoms with E-state index < -0.39 is 0 Å². The van der Waals surface area contributed by atoms with E-state index >= 15 is 0 Å². The van der Waals surface area contributed by atoms with E-state index in [0.717, 1.165) is 0 Å². The minimum Gasteiger partial charge on any atom is -0.496 e. The average Bonchev–Trinajstić information content (AvgIpc) is 2.38. The molecule has 18 heavy (non-hydrogen) atoms. The molecule has 0 aliphatic heterocycles. The van der Waals surface area contributed by atoms with E-state index in [1.807, 2.05) is 6.92 Å². The van der Waals surface area contributed by atoms with Crippen molar-refractivity contribution in [3.8, 4) is 5.75 Å². The zero-order chi connectivity index (χ0) is 13.5. The third kappa shape index (κ3) is 3.63. The molecule has 5 heteroatoms. The lowest BCUT2D eigenvalue weighted by molar-refractivity contribution is 0.0707. The second-order valence-electron chi connectivity index (χ2n) is 3.88. The van der Waals surface area contributed by atoms with Crippen LogP contribution in [-0.4, -0.2) is 44.7 Å². The first-order valence-corrected chi connectivity index (χ1v) is 5.86. The van der Waals surface area contributed by atoms with Gasteiger partial charge in [-0.1, -0.05) is 0 Å². The Morgan fingerprint density at radius 1 is 1.44 bits per heavy atom. The molecule has 0 heterocycles. The van der Waals surface area contributed by atoms with Crippen LogP contribution in [0.15, 0.2) is 18.2 Å². The number of ether oxygens (including phenoxy) is 2. The predicted molar refractivity (Wildman–Crippen MR) is 70.9 cm³/mol. The molecule has 0 aromatic heterocycles. The van der Waals surface area contributed by atoms with Crippen LogP contribution in [0.4, 0.5) is 5.69 Å². The van der Waals surface area contributed by atoms with E-state index in [-0.39, 0.29) is 5.91 Å². The van der Waals surface area contributed by atoms with Gasteiger partial charge in [0.05, 0.1) is 19.3 Å². The van der Waals surface area contributed by atoms with Gasteiger partial charge in [-0.05, 0) is 25.1 Å². The van der Waals surface area contributed by atoms with E-state index in [9.17, 15) is 4.79 Å². The Balaban J connectivity index is 2.79. The minimum absolute atomic E-state index is 0.126. The summed E-state index contributed by atoms with van der Waals surface area (Å²) < 4.78 is 10.4. The zero-order valence-electron chi connectivity index (χ0n) is 11.1. The highest BCUT2D eigenvalue weighted by Crippen LogP contribution is 2.22. The van der Waals surface area contributed by atoms with Gasteiger partial charge in [0.1, 0.15) is 5.75 Å².